The largest absolute Gasteiger partial charge is 0.137 e. The highest BCUT2D eigenvalue weighted by atomic mass is 32.2. The van der Waals surface area contributed by atoms with Crippen molar-refractivity contribution < 1.29 is 0 Å². The maximum absolute atomic E-state index is 4.19. The van der Waals surface area contributed by atoms with Crippen LogP contribution in [0.15, 0.2) is 34.5 Å². The van der Waals surface area contributed by atoms with Crippen molar-refractivity contribution in [3.8, 4) is 11.3 Å². The zero-order chi connectivity index (χ0) is 10.5. The van der Waals surface area contributed by atoms with Gasteiger partial charge in [-0.15, -0.1) is 16.9 Å². The summed E-state index contributed by atoms with van der Waals surface area (Å²) in [6.45, 7) is 2.18. The monoisotopic (exact) mass is 236 g/mol. The molecule has 2 aromatic rings. The van der Waals surface area contributed by atoms with Gasteiger partial charge in [-0.2, -0.15) is 0 Å². The van der Waals surface area contributed by atoms with Crippen LogP contribution in [0.5, 0.6) is 0 Å². The van der Waals surface area contributed by atoms with Crippen molar-refractivity contribution >= 4 is 23.3 Å². The van der Waals surface area contributed by atoms with E-state index in [-0.39, 0.29) is 0 Å². The number of hydrogen-bond acceptors (Lipinski definition) is 4. The van der Waals surface area contributed by atoms with Crippen LogP contribution in [0.4, 0.5) is 0 Å². The van der Waals surface area contributed by atoms with Gasteiger partial charge in [-0.1, -0.05) is 41.7 Å². The van der Waals surface area contributed by atoms with Gasteiger partial charge in [0.25, 0.3) is 0 Å². The number of rotatable bonds is 4. The summed E-state index contributed by atoms with van der Waals surface area (Å²) in [5, 5.41) is 4.19. The van der Waals surface area contributed by atoms with Crippen molar-refractivity contribution in [2.24, 2.45) is 0 Å². The smallest absolute Gasteiger partial charge is 0.119 e. The van der Waals surface area contributed by atoms with Crippen molar-refractivity contribution in [3.63, 3.8) is 0 Å². The van der Waals surface area contributed by atoms with Gasteiger partial charge in [-0.05, 0) is 23.7 Å². The van der Waals surface area contributed by atoms with Gasteiger partial charge in [0.2, 0.25) is 0 Å². The van der Waals surface area contributed by atoms with Crippen molar-refractivity contribution in [2.75, 3.05) is 5.75 Å². The van der Waals surface area contributed by atoms with Crippen LogP contribution in [0.3, 0.4) is 0 Å². The molecule has 0 atom stereocenters. The Kier molecular flexibility index (Phi) is 3.75. The molecule has 1 aromatic carbocycles. The number of benzene rings is 1. The Morgan fingerprint density at radius 2 is 2.07 bits per heavy atom. The third kappa shape index (κ3) is 2.58. The first-order valence-electron chi connectivity index (χ1n) is 4.92. The van der Waals surface area contributed by atoms with Gasteiger partial charge in [0.05, 0.1) is 0 Å². The summed E-state index contributed by atoms with van der Waals surface area (Å²) in [6, 6.07) is 10.2. The highest BCUT2D eigenvalue weighted by Crippen LogP contribution is 2.32. The molecule has 0 radical (unpaired) electrons. The molecule has 0 amide bonds. The van der Waals surface area contributed by atoms with Gasteiger partial charge in [-0.3, -0.25) is 0 Å². The van der Waals surface area contributed by atoms with Gasteiger partial charge in [0.15, 0.2) is 0 Å². The van der Waals surface area contributed by atoms with Crippen LogP contribution in [0, 0.1) is 0 Å². The number of nitrogens with zero attached hydrogens (tertiary/aromatic N) is 2. The van der Waals surface area contributed by atoms with Crippen LogP contribution < -0.4 is 0 Å². The van der Waals surface area contributed by atoms with E-state index in [0.717, 1.165) is 17.0 Å². The second kappa shape index (κ2) is 5.28. The molecule has 0 aliphatic rings. The molecule has 0 unspecified atom stereocenters. The lowest BCUT2D eigenvalue weighted by atomic mass is 10.2. The van der Waals surface area contributed by atoms with Crippen LogP contribution in [-0.2, 0) is 0 Å². The zero-order valence-corrected chi connectivity index (χ0v) is 10.1. The molecule has 0 N–H and O–H groups in total. The minimum absolute atomic E-state index is 1.03. The minimum Gasteiger partial charge on any atom is -0.137 e. The van der Waals surface area contributed by atoms with E-state index >= 15 is 0 Å². The molecule has 2 nitrogen and oxygen atoms in total. The Labute approximate surface area is 97.9 Å². The fraction of sp³-hybridized carbons (Fsp3) is 0.273. The second-order valence-corrected chi connectivity index (χ2v) is 5.24. The first-order valence-corrected chi connectivity index (χ1v) is 6.68. The molecule has 0 saturated heterocycles. The first-order chi connectivity index (χ1) is 7.42. The summed E-state index contributed by atoms with van der Waals surface area (Å²) >= 11 is 3.33. The third-order valence-corrected chi connectivity index (χ3v) is 4.11. The lowest BCUT2D eigenvalue weighted by Crippen LogP contribution is -1.80. The summed E-state index contributed by atoms with van der Waals surface area (Å²) in [4.78, 5) is 0. The normalized spacial score (nSPS) is 10.5. The van der Waals surface area contributed by atoms with Gasteiger partial charge >= 0.3 is 0 Å². The summed E-state index contributed by atoms with van der Waals surface area (Å²) in [7, 11) is 0. The Hall–Kier alpha value is -0.870. The Morgan fingerprint density at radius 3 is 2.80 bits per heavy atom. The molecule has 0 bridgehead atoms. The summed E-state index contributed by atoms with van der Waals surface area (Å²) in [6.07, 6.45) is 1.18. The molecule has 1 aromatic heterocycles. The van der Waals surface area contributed by atoms with E-state index in [9.17, 15) is 0 Å². The first kappa shape index (κ1) is 10.6. The summed E-state index contributed by atoms with van der Waals surface area (Å²) in [5.74, 6) is 1.13. The fourth-order valence-electron chi connectivity index (χ4n) is 1.24. The van der Waals surface area contributed by atoms with E-state index in [1.807, 2.05) is 30.0 Å². The van der Waals surface area contributed by atoms with Gasteiger partial charge in [-0.25, -0.2) is 0 Å². The van der Waals surface area contributed by atoms with E-state index in [2.05, 4.69) is 28.6 Å². The van der Waals surface area contributed by atoms with E-state index < -0.39 is 0 Å². The fourth-order valence-corrected chi connectivity index (χ4v) is 2.93. The average Bonchev–Trinajstić information content (AvgIpc) is 2.75. The molecule has 0 saturated carbocycles. The SMILES string of the molecule is CCCSc1snnc1-c1ccccc1. The predicted octanol–water partition coefficient (Wildman–Crippen LogP) is 3.71. The number of thioether (sulfide) groups is 1. The van der Waals surface area contributed by atoms with Crippen molar-refractivity contribution in [2.45, 2.75) is 17.6 Å². The van der Waals surface area contributed by atoms with Crippen molar-refractivity contribution in [1.82, 2.24) is 9.59 Å². The summed E-state index contributed by atoms with van der Waals surface area (Å²) in [5.41, 5.74) is 2.18. The lowest BCUT2D eigenvalue weighted by Gasteiger charge is -1.99. The summed E-state index contributed by atoms with van der Waals surface area (Å²) < 4.78 is 5.25. The van der Waals surface area contributed by atoms with Gasteiger partial charge in [0, 0.05) is 5.56 Å². The van der Waals surface area contributed by atoms with Crippen LogP contribution in [-0.4, -0.2) is 15.3 Å². The Balaban J connectivity index is 2.25. The molecular weight excluding hydrogens is 224 g/mol. The van der Waals surface area contributed by atoms with Crippen LogP contribution >= 0.6 is 23.3 Å². The van der Waals surface area contributed by atoms with Crippen LogP contribution in [0.2, 0.25) is 0 Å². The van der Waals surface area contributed by atoms with Crippen molar-refractivity contribution in [1.29, 1.82) is 0 Å². The molecule has 0 spiro atoms. The molecule has 15 heavy (non-hydrogen) atoms. The van der Waals surface area contributed by atoms with Crippen molar-refractivity contribution in [3.05, 3.63) is 30.3 Å². The molecule has 0 fully saturated rings. The number of hydrogen-bond donors (Lipinski definition) is 0. The molecule has 78 valence electrons. The maximum Gasteiger partial charge on any atom is 0.119 e. The molecule has 0 aliphatic heterocycles. The average molecular weight is 236 g/mol. The van der Waals surface area contributed by atoms with E-state index in [4.69, 9.17) is 0 Å². The minimum atomic E-state index is 1.03. The maximum atomic E-state index is 4.19. The highest BCUT2D eigenvalue weighted by Gasteiger charge is 2.09. The molecule has 1 heterocycles. The Morgan fingerprint density at radius 1 is 1.27 bits per heavy atom. The van der Waals surface area contributed by atoms with E-state index in [1.54, 1.807) is 0 Å². The Bertz CT molecular complexity index is 412. The van der Waals surface area contributed by atoms with Gasteiger partial charge < -0.3 is 0 Å². The predicted molar refractivity (Wildman–Crippen MR) is 66.4 cm³/mol. The molecular formula is C11H12N2S2. The van der Waals surface area contributed by atoms with Gasteiger partial charge in [0.1, 0.15) is 9.90 Å². The molecule has 2 rings (SSSR count). The molecule has 4 heteroatoms. The van der Waals surface area contributed by atoms with Crippen LogP contribution in [0.25, 0.3) is 11.3 Å². The highest BCUT2D eigenvalue weighted by molar-refractivity contribution is 8.01. The molecule has 0 aliphatic carbocycles. The van der Waals surface area contributed by atoms with E-state index in [1.165, 1.54) is 22.2 Å². The topological polar surface area (TPSA) is 25.8 Å². The standard InChI is InChI=1S/C11H12N2S2/c1-2-8-14-11-10(12-13-15-11)9-6-4-3-5-7-9/h3-7H,2,8H2,1H3. The zero-order valence-electron chi connectivity index (χ0n) is 8.51. The van der Waals surface area contributed by atoms with E-state index in [0.29, 0.717) is 0 Å². The quantitative estimate of drug-likeness (QED) is 0.757. The van der Waals surface area contributed by atoms with Crippen LogP contribution in [0.1, 0.15) is 13.3 Å². The third-order valence-electron chi connectivity index (χ3n) is 1.94. The number of aromatic nitrogens is 2. The second-order valence-electron chi connectivity index (χ2n) is 3.12. The lowest BCUT2D eigenvalue weighted by molar-refractivity contribution is 1.10.